The van der Waals surface area contributed by atoms with Gasteiger partial charge in [0.25, 0.3) is 5.91 Å². The number of halogens is 1. The SMILES string of the molecule is C/N=C\c1c(C(C)C)cc(F)c(C)c1-c1c(C2CC2)cc2c(N3C[C@@H]4C[C@H]3CN4)nc(OC3CCOCC3)nc2c1OCc1ccc(C(=O)N2CCOCC2)cc1. The van der Waals surface area contributed by atoms with Crippen LogP contribution in [0.3, 0.4) is 0 Å². The van der Waals surface area contributed by atoms with Gasteiger partial charge in [0.15, 0.2) is 5.75 Å². The maximum atomic E-state index is 16.3. The highest BCUT2D eigenvalue weighted by Gasteiger charge is 2.41. The molecule has 5 aliphatic rings. The molecule has 1 aliphatic carbocycles. The Morgan fingerprint density at radius 2 is 1.79 bits per heavy atom. The van der Waals surface area contributed by atoms with E-state index in [-0.39, 0.29) is 36.3 Å². The van der Waals surface area contributed by atoms with Crippen LogP contribution in [0.2, 0.25) is 0 Å². The fourth-order valence-corrected chi connectivity index (χ4v) is 9.07. The Labute approximate surface area is 334 Å². The van der Waals surface area contributed by atoms with Gasteiger partial charge in [0.2, 0.25) is 0 Å². The lowest BCUT2D eigenvalue weighted by Gasteiger charge is -2.31. The van der Waals surface area contributed by atoms with Crippen LogP contribution in [0, 0.1) is 12.7 Å². The number of hydrogen-bond acceptors (Lipinski definition) is 10. The monoisotopic (exact) mass is 776 g/mol. The zero-order valence-electron chi connectivity index (χ0n) is 33.5. The quantitative estimate of drug-likeness (QED) is 0.162. The van der Waals surface area contributed by atoms with E-state index in [0.29, 0.717) is 80.0 Å². The molecule has 2 bridgehead atoms. The summed E-state index contributed by atoms with van der Waals surface area (Å²) in [6, 6.07) is 12.6. The molecule has 0 radical (unpaired) electrons. The zero-order chi connectivity index (χ0) is 39.2. The normalized spacial score (nSPS) is 21.4. The first-order valence-corrected chi connectivity index (χ1v) is 20.7. The van der Waals surface area contributed by atoms with Gasteiger partial charge in [-0.2, -0.15) is 9.97 Å². The minimum Gasteiger partial charge on any atom is -0.486 e. The smallest absolute Gasteiger partial charge is 0.319 e. The van der Waals surface area contributed by atoms with Gasteiger partial charge in [0.05, 0.1) is 26.4 Å². The average molecular weight is 777 g/mol. The number of benzene rings is 3. The molecule has 1 N–H and O–H groups in total. The molecule has 12 heteroatoms. The van der Waals surface area contributed by atoms with Crippen LogP contribution in [0.25, 0.3) is 22.0 Å². The molecule has 4 aromatic rings. The number of piperazine rings is 1. The first-order valence-electron chi connectivity index (χ1n) is 20.7. The molecule has 1 amide bonds. The van der Waals surface area contributed by atoms with Crippen LogP contribution < -0.4 is 19.7 Å². The van der Waals surface area contributed by atoms with Crippen LogP contribution >= 0.6 is 0 Å². The van der Waals surface area contributed by atoms with Crippen molar-refractivity contribution in [2.45, 2.75) is 89.5 Å². The number of anilines is 1. The summed E-state index contributed by atoms with van der Waals surface area (Å²) in [6.07, 6.45) is 6.43. The molecule has 0 spiro atoms. The van der Waals surface area contributed by atoms with Gasteiger partial charge in [-0.1, -0.05) is 26.0 Å². The van der Waals surface area contributed by atoms with Crippen molar-refractivity contribution in [2.75, 3.05) is 64.6 Å². The molecule has 9 rings (SSSR count). The molecule has 2 atom stereocenters. The van der Waals surface area contributed by atoms with Gasteiger partial charge in [0, 0.05) is 92.0 Å². The maximum Gasteiger partial charge on any atom is 0.319 e. The first kappa shape index (κ1) is 37.9. The number of aromatic nitrogens is 2. The van der Waals surface area contributed by atoms with Crippen LogP contribution in [-0.2, 0) is 16.1 Å². The zero-order valence-corrected chi connectivity index (χ0v) is 33.5. The van der Waals surface area contributed by atoms with Gasteiger partial charge in [-0.25, -0.2) is 4.39 Å². The van der Waals surface area contributed by atoms with E-state index >= 15 is 4.39 Å². The summed E-state index contributed by atoms with van der Waals surface area (Å²) in [7, 11) is 1.76. The lowest BCUT2D eigenvalue weighted by atomic mass is 9.83. The fraction of sp³-hybridized carbons (Fsp3) is 0.511. The van der Waals surface area contributed by atoms with Crippen molar-refractivity contribution in [2.24, 2.45) is 4.99 Å². The Bertz CT molecular complexity index is 2180. The van der Waals surface area contributed by atoms with Gasteiger partial charge in [-0.3, -0.25) is 9.79 Å². The number of rotatable bonds is 11. The summed E-state index contributed by atoms with van der Waals surface area (Å²) in [4.78, 5) is 32.5. The number of hydrogen-bond donors (Lipinski definition) is 1. The van der Waals surface area contributed by atoms with Gasteiger partial charge < -0.3 is 34.1 Å². The molecule has 4 saturated heterocycles. The van der Waals surface area contributed by atoms with Gasteiger partial charge >= 0.3 is 6.01 Å². The number of nitrogens with one attached hydrogen (secondary N) is 1. The van der Waals surface area contributed by atoms with Crippen molar-refractivity contribution in [3.63, 3.8) is 0 Å². The predicted molar refractivity (Wildman–Crippen MR) is 219 cm³/mol. The molecule has 57 heavy (non-hydrogen) atoms. The molecule has 1 saturated carbocycles. The highest BCUT2D eigenvalue weighted by atomic mass is 19.1. The van der Waals surface area contributed by atoms with Crippen LogP contribution in [0.15, 0.2) is 41.4 Å². The number of fused-ring (bicyclic) bond motifs is 3. The van der Waals surface area contributed by atoms with E-state index in [1.54, 1.807) is 13.1 Å². The van der Waals surface area contributed by atoms with Crippen molar-refractivity contribution in [1.82, 2.24) is 20.2 Å². The summed E-state index contributed by atoms with van der Waals surface area (Å²) < 4.78 is 41.1. The van der Waals surface area contributed by atoms with Crippen molar-refractivity contribution in [3.8, 4) is 22.9 Å². The minimum atomic E-state index is -0.261. The third kappa shape index (κ3) is 7.47. The number of carbonyl (C=O) groups is 1. The van der Waals surface area contributed by atoms with E-state index in [2.05, 4.69) is 35.1 Å². The lowest BCUT2D eigenvalue weighted by molar-refractivity contribution is 0.0219. The Morgan fingerprint density at radius 1 is 1.04 bits per heavy atom. The maximum absolute atomic E-state index is 16.3. The molecule has 5 heterocycles. The predicted octanol–water partition coefficient (Wildman–Crippen LogP) is 6.95. The van der Waals surface area contributed by atoms with Crippen LogP contribution in [0.4, 0.5) is 10.2 Å². The molecular formula is C45H53FN6O5. The number of ether oxygens (including phenoxy) is 4. The highest BCUT2D eigenvalue weighted by Crippen LogP contribution is 2.53. The summed E-state index contributed by atoms with van der Waals surface area (Å²) in [5.74, 6) is 1.50. The van der Waals surface area contributed by atoms with Crippen molar-refractivity contribution in [1.29, 1.82) is 0 Å². The third-order valence-corrected chi connectivity index (χ3v) is 12.3. The minimum absolute atomic E-state index is 0.00376. The van der Waals surface area contributed by atoms with E-state index in [1.165, 1.54) is 0 Å². The summed E-state index contributed by atoms with van der Waals surface area (Å²) >= 11 is 0. The number of nitrogens with zero attached hydrogens (tertiary/aromatic N) is 5. The molecule has 3 aromatic carbocycles. The standard InChI is InChI=1S/C45H53FN6O5/c1-26(2)34-21-38(46)27(3)39(37(34)23-47-4)40-35(29-9-10-29)20-36-41(42(40)56-25-28-5-7-30(8-6-28)44(53)51-13-17-55-18-14-51)49-45(57-33-11-15-54-16-12-33)50-43(36)52-24-31-19-32(52)22-48-31/h5-8,20-21,23,26,29,31-33,48H,9-19,22,24-25H2,1-4H3/b47-23-/t31-,32-/m0/s1. The highest BCUT2D eigenvalue weighted by molar-refractivity contribution is 6.04. The lowest BCUT2D eigenvalue weighted by Crippen LogP contribution is -2.44. The van der Waals surface area contributed by atoms with Crippen molar-refractivity contribution < 1.29 is 28.1 Å². The average Bonchev–Trinajstić information content (AvgIpc) is 3.86. The number of morpholine rings is 1. The largest absolute Gasteiger partial charge is 0.486 e. The number of aliphatic imine (C=N–C) groups is 1. The van der Waals surface area contributed by atoms with Crippen molar-refractivity contribution in [3.05, 3.63) is 75.6 Å². The summed E-state index contributed by atoms with van der Waals surface area (Å²) in [5.41, 5.74) is 7.24. The van der Waals surface area contributed by atoms with Crippen LogP contribution in [-0.4, -0.2) is 105 Å². The topological polar surface area (TPSA) is 111 Å². The summed E-state index contributed by atoms with van der Waals surface area (Å²) in [5, 5.41) is 4.56. The molecule has 4 aliphatic heterocycles. The second-order valence-electron chi connectivity index (χ2n) is 16.5. The van der Waals surface area contributed by atoms with E-state index < -0.39 is 0 Å². The van der Waals surface area contributed by atoms with Gasteiger partial charge in [-0.15, -0.1) is 0 Å². The van der Waals surface area contributed by atoms with Crippen LogP contribution in [0.5, 0.6) is 11.8 Å². The number of carbonyl (C=O) groups excluding carboxylic acids is 1. The second kappa shape index (κ2) is 15.9. The Hall–Kier alpha value is -4.65. The van der Waals surface area contributed by atoms with E-state index in [0.717, 1.165) is 89.8 Å². The molecular weight excluding hydrogens is 724 g/mol. The molecule has 5 fully saturated rings. The van der Waals surface area contributed by atoms with E-state index in [1.807, 2.05) is 42.3 Å². The fourth-order valence-electron chi connectivity index (χ4n) is 9.07. The number of amides is 1. The Balaban J connectivity index is 1.24. The van der Waals surface area contributed by atoms with Crippen LogP contribution in [0.1, 0.15) is 96.0 Å². The Morgan fingerprint density at radius 3 is 2.46 bits per heavy atom. The first-order chi connectivity index (χ1) is 27.8. The summed E-state index contributed by atoms with van der Waals surface area (Å²) in [6.45, 7) is 11.5. The van der Waals surface area contributed by atoms with Crippen molar-refractivity contribution >= 4 is 28.8 Å². The Kier molecular flexibility index (Phi) is 10.6. The molecule has 1 aromatic heterocycles. The second-order valence-corrected chi connectivity index (χ2v) is 16.5. The van der Waals surface area contributed by atoms with E-state index in [4.69, 9.17) is 28.9 Å². The molecule has 300 valence electrons. The third-order valence-electron chi connectivity index (χ3n) is 12.3. The van der Waals surface area contributed by atoms with E-state index in [9.17, 15) is 4.79 Å². The van der Waals surface area contributed by atoms with Gasteiger partial charge in [0.1, 0.15) is 29.9 Å². The molecule has 0 unspecified atom stereocenters. The molecule has 11 nitrogen and oxygen atoms in total. The van der Waals surface area contributed by atoms with Gasteiger partial charge in [-0.05, 0) is 84.5 Å².